The number of nitrogens with one attached hydrogen (secondary N) is 1. The third-order valence-electron chi connectivity index (χ3n) is 2.32. The molecule has 1 rings (SSSR count). The first-order chi connectivity index (χ1) is 6.20. The monoisotopic (exact) mass is 176 g/mol. The summed E-state index contributed by atoms with van der Waals surface area (Å²) in [5, 5.41) is 3.15. The van der Waals surface area contributed by atoms with E-state index in [0.29, 0.717) is 0 Å². The molecule has 0 amide bonds. The van der Waals surface area contributed by atoms with E-state index >= 15 is 0 Å². The molecular formula is C11H16N2. The Kier molecular flexibility index (Phi) is 3.07. The van der Waals surface area contributed by atoms with E-state index in [4.69, 9.17) is 0 Å². The topological polar surface area (TPSA) is 24.4 Å². The third-order valence-corrected chi connectivity index (χ3v) is 2.32. The Labute approximate surface area is 79.8 Å². The molecule has 1 aliphatic rings. The Balaban J connectivity index is 3.04. The number of aliphatic imine (C=N–C) groups is 1. The van der Waals surface area contributed by atoms with Crippen LogP contribution >= 0.6 is 0 Å². The molecule has 0 spiro atoms. The largest absolute Gasteiger partial charge is 0.391 e. The van der Waals surface area contributed by atoms with E-state index < -0.39 is 0 Å². The summed E-state index contributed by atoms with van der Waals surface area (Å²) in [5.74, 6) is 0. The molecule has 0 heterocycles. The standard InChI is InChI=1S/C11H16N2/c1-8(12-3)10-6-5-7-11(10)9(2)13-4/h5-7,12H,1-4H3/b10-8-,13-9?. The lowest BCUT2D eigenvalue weighted by molar-refractivity contribution is 0.976. The van der Waals surface area contributed by atoms with Gasteiger partial charge in [0.05, 0.1) is 0 Å². The Morgan fingerprint density at radius 1 is 1.38 bits per heavy atom. The van der Waals surface area contributed by atoms with Gasteiger partial charge < -0.3 is 5.32 Å². The van der Waals surface area contributed by atoms with Crippen molar-refractivity contribution in [3.63, 3.8) is 0 Å². The summed E-state index contributed by atoms with van der Waals surface area (Å²) in [7, 11) is 3.76. The SMILES string of the molecule is CN=C(C)C1=CC=C/C1=C(\C)NC. The fraction of sp³-hybridized carbons (Fsp3) is 0.364. The quantitative estimate of drug-likeness (QED) is 0.640. The van der Waals surface area contributed by atoms with Crippen molar-refractivity contribution in [2.75, 3.05) is 14.1 Å². The van der Waals surface area contributed by atoms with Gasteiger partial charge in [-0.1, -0.05) is 18.2 Å². The molecular weight excluding hydrogens is 160 g/mol. The Bertz CT molecular complexity index is 317. The second-order valence-corrected chi connectivity index (χ2v) is 3.04. The maximum absolute atomic E-state index is 4.18. The second-order valence-electron chi connectivity index (χ2n) is 3.04. The van der Waals surface area contributed by atoms with Crippen LogP contribution in [0.15, 0.2) is 40.1 Å². The lowest BCUT2D eigenvalue weighted by Gasteiger charge is -2.08. The molecule has 2 nitrogen and oxygen atoms in total. The van der Waals surface area contributed by atoms with Crippen molar-refractivity contribution in [3.05, 3.63) is 35.1 Å². The third kappa shape index (κ3) is 1.89. The molecule has 0 aromatic heterocycles. The summed E-state index contributed by atoms with van der Waals surface area (Å²) in [6, 6.07) is 0. The van der Waals surface area contributed by atoms with Gasteiger partial charge in [-0.25, -0.2) is 0 Å². The zero-order valence-corrected chi connectivity index (χ0v) is 8.68. The maximum atomic E-state index is 4.18. The zero-order chi connectivity index (χ0) is 9.84. The summed E-state index contributed by atoms with van der Waals surface area (Å²) >= 11 is 0. The van der Waals surface area contributed by atoms with Gasteiger partial charge in [0.1, 0.15) is 0 Å². The van der Waals surface area contributed by atoms with Gasteiger partial charge in [-0.2, -0.15) is 0 Å². The minimum Gasteiger partial charge on any atom is -0.391 e. The van der Waals surface area contributed by atoms with Crippen LogP contribution in [0.2, 0.25) is 0 Å². The number of allylic oxidation sites excluding steroid dienone is 6. The molecule has 0 aromatic carbocycles. The van der Waals surface area contributed by atoms with Crippen molar-refractivity contribution in [1.29, 1.82) is 0 Å². The van der Waals surface area contributed by atoms with Gasteiger partial charge in [0.15, 0.2) is 0 Å². The molecule has 0 saturated heterocycles. The Hall–Kier alpha value is -1.31. The average molecular weight is 176 g/mol. The molecule has 70 valence electrons. The Morgan fingerprint density at radius 2 is 2.08 bits per heavy atom. The van der Waals surface area contributed by atoms with Gasteiger partial charge >= 0.3 is 0 Å². The van der Waals surface area contributed by atoms with E-state index in [9.17, 15) is 0 Å². The molecule has 0 unspecified atom stereocenters. The molecule has 0 saturated carbocycles. The molecule has 1 N–H and O–H groups in total. The average Bonchev–Trinajstić information content (AvgIpc) is 2.63. The van der Waals surface area contributed by atoms with E-state index in [1.807, 2.05) is 21.0 Å². The highest BCUT2D eigenvalue weighted by Crippen LogP contribution is 2.22. The molecule has 0 radical (unpaired) electrons. The lowest BCUT2D eigenvalue weighted by Crippen LogP contribution is -2.08. The highest BCUT2D eigenvalue weighted by Gasteiger charge is 2.11. The lowest BCUT2D eigenvalue weighted by atomic mass is 10.0. The van der Waals surface area contributed by atoms with Crippen LogP contribution in [0.1, 0.15) is 13.8 Å². The van der Waals surface area contributed by atoms with Crippen molar-refractivity contribution in [3.8, 4) is 0 Å². The van der Waals surface area contributed by atoms with Gasteiger partial charge in [0, 0.05) is 36.7 Å². The van der Waals surface area contributed by atoms with E-state index in [-0.39, 0.29) is 0 Å². The van der Waals surface area contributed by atoms with Crippen LogP contribution in [0.4, 0.5) is 0 Å². The minimum absolute atomic E-state index is 1.08. The van der Waals surface area contributed by atoms with Crippen molar-refractivity contribution < 1.29 is 0 Å². The summed E-state index contributed by atoms with van der Waals surface area (Å²) < 4.78 is 0. The van der Waals surface area contributed by atoms with Gasteiger partial charge in [-0.3, -0.25) is 4.99 Å². The maximum Gasteiger partial charge on any atom is 0.0392 e. The number of nitrogens with zero attached hydrogens (tertiary/aromatic N) is 1. The van der Waals surface area contributed by atoms with Crippen LogP contribution in [0.3, 0.4) is 0 Å². The molecule has 1 aliphatic carbocycles. The van der Waals surface area contributed by atoms with Crippen LogP contribution in [-0.4, -0.2) is 19.8 Å². The van der Waals surface area contributed by atoms with Crippen molar-refractivity contribution >= 4 is 5.71 Å². The highest BCUT2D eigenvalue weighted by atomic mass is 14.8. The summed E-state index contributed by atoms with van der Waals surface area (Å²) in [5.41, 5.74) is 4.72. The van der Waals surface area contributed by atoms with E-state index in [1.54, 1.807) is 0 Å². The smallest absolute Gasteiger partial charge is 0.0392 e. The number of rotatable bonds is 2. The van der Waals surface area contributed by atoms with Crippen molar-refractivity contribution in [2.24, 2.45) is 4.99 Å². The van der Waals surface area contributed by atoms with E-state index in [1.165, 1.54) is 16.8 Å². The number of hydrogen-bond acceptors (Lipinski definition) is 2. The summed E-state index contributed by atoms with van der Waals surface area (Å²) in [6.45, 7) is 4.10. The fourth-order valence-corrected chi connectivity index (χ4v) is 1.32. The number of hydrogen-bond donors (Lipinski definition) is 1. The van der Waals surface area contributed by atoms with E-state index in [2.05, 4.69) is 35.5 Å². The van der Waals surface area contributed by atoms with E-state index in [0.717, 1.165) is 5.71 Å². The molecule has 13 heavy (non-hydrogen) atoms. The van der Waals surface area contributed by atoms with Gasteiger partial charge in [0.2, 0.25) is 0 Å². The summed E-state index contributed by atoms with van der Waals surface area (Å²) in [6.07, 6.45) is 6.26. The molecule has 0 aromatic rings. The van der Waals surface area contributed by atoms with Crippen molar-refractivity contribution in [2.45, 2.75) is 13.8 Å². The fourth-order valence-electron chi connectivity index (χ4n) is 1.32. The summed E-state index contributed by atoms with van der Waals surface area (Å²) in [4.78, 5) is 4.18. The van der Waals surface area contributed by atoms with Gasteiger partial charge in [-0.15, -0.1) is 0 Å². The molecule has 2 heteroatoms. The van der Waals surface area contributed by atoms with Crippen LogP contribution in [0.25, 0.3) is 0 Å². The minimum atomic E-state index is 1.08. The van der Waals surface area contributed by atoms with Gasteiger partial charge in [0.25, 0.3) is 0 Å². The van der Waals surface area contributed by atoms with Crippen LogP contribution in [0, 0.1) is 0 Å². The predicted octanol–water partition coefficient (Wildman–Crippen LogP) is 2.07. The first-order valence-electron chi connectivity index (χ1n) is 4.41. The second kappa shape index (κ2) is 4.08. The normalized spacial score (nSPS) is 20.3. The zero-order valence-electron chi connectivity index (χ0n) is 8.68. The molecule has 0 atom stereocenters. The first-order valence-corrected chi connectivity index (χ1v) is 4.41. The highest BCUT2D eigenvalue weighted by molar-refractivity contribution is 6.04. The molecule has 0 fully saturated rings. The van der Waals surface area contributed by atoms with Crippen LogP contribution < -0.4 is 5.32 Å². The molecule has 0 aliphatic heterocycles. The van der Waals surface area contributed by atoms with Crippen LogP contribution in [0.5, 0.6) is 0 Å². The first kappa shape index (κ1) is 9.78. The van der Waals surface area contributed by atoms with Crippen LogP contribution in [-0.2, 0) is 0 Å². The molecule has 0 bridgehead atoms. The Morgan fingerprint density at radius 3 is 2.62 bits per heavy atom. The predicted molar refractivity (Wildman–Crippen MR) is 58.0 cm³/mol. The van der Waals surface area contributed by atoms with Gasteiger partial charge in [-0.05, 0) is 13.8 Å². The van der Waals surface area contributed by atoms with Crippen molar-refractivity contribution in [1.82, 2.24) is 5.32 Å².